The molecule has 6 nitrogen and oxygen atoms in total. The Kier molecular flexibility index (Phi) is 6.28. The second kappa shape index (κ2) is 8.67. The Labute approximate surface area is 164 Å². The summed E-state index contributed by atoms with van der Waals surface area (Å²) in [6.45, 7) is 3.06. The molecule has 1 heterocycles. The van der Waals surface area contributed by atoms with Gasteiger partial charge in [0.1, 0.15) is 5.75 Å². The number of carbonyl (C=O) groups excluding carboxylic acids is 1. The van der Waals surface area contributed by atoms with E-state index in [4.69, 9.17) is 4.74 Å². The van der Waals surface area contributed by atoms with Crippen LogP contribution in [0.2, 0.25) is 0 Å². The first-order chi connectivity index (χ1) is 13.0. The molecular formula is C19H22N2O4S2. The lowest BCUT2D eigenvalue weighted by atomic mass is 10.2. The van der Waals surface area contributed by atoms with Crippen LogP contribution in [-0.4, -0.2) is 39.0 Å². The number of hydrogen-bond acceptors (Lipinski definition) is 5. The molecule has 3 rings (SSSR count). The van der Waals surface area contributed by atoms with Gasteiger partial charge in [0, 0.05) is 17.1 Å². The van der Waals surface area contributed by atoms with E-state index in [2.05, 4.69) is 5.32 Å². The summed E-state index contributed by atoms with van der Waals surface area (Å²) in [5.74, 6) is 1.17. The van der Waals surface area contributed by atoms with Gasteiger partial charge in [-0.2, -0.15) is 0 Å². The normalized spacial score (nSPS) is 15.5. The maximum Gasteiger partial charge on any atom is 0.235 e. The zero-order valence-electron chi connectivity index (χ0n) is 15.1. The van der Waals surface area contributed by atoms with E-state index in [9.17, 15) is 13.2 Å². The number of thioether (sulfide) groups is 1. The summed E-state index contributed by atoms with van der Waals surface area (Å²) >= 11 is 1.44. The molecule has 1 saturated heterocycles. The first kappa shape index (κ1) is 19.6. The molecular weight excluding hydrogens is 384 g/mol. The number of nitrogens with zero attached hydrogens (tertiary/aromatic N) is 1. The molecule has 8 heteroatoms. The molecule has 1 aliphatic heterocycles. The lowest BCUT2D eigenvalue weighted by Gasteiger charge is -2.17. The third kappa shape index (κ3) is 5.17. The maximum atomic E-state index is 12.1. The van der Waals surface area contributed by atoms with Crippen molar-refractivity contribution in [2.75, 3.05) is 34.3 Å². The third-order valence-corrected chi connectivity index (χ3v) is 6.92. The number of rotatable bonds is 7. The summed E-state index contributed by atoms with van der Waals surface area (Å²) < 4.78 is 30.7. The summed E-state index contributed by atoms with van der Waals surface area (Å²) in [5.41, 5.74) is 1.28. The summed E-state index contributed by atoms with van der Waals surface area (Å²) in [6, 6.07) is 14.5. The highest BCUT2D eigenvalue weighted by Crippen LogP contribution is 2.26. The van der Waals surface area contributed by atoms with E-state index in [0.29, 0.717) is 30.9 Å². The summed E-state index contributed by atoms with van der Waals surface area (Å²) in [5, 5.41) is 2.83. The van der Waals surface area contributed by atoms with Gasteiger partial charge in [-0.1, -0.05) is 0 Å². The van der Waals surface area contributed by atoms with E-state index < -0.39 is 10.0 Å². The minimum absolute atomic E-state index is 0.115. The van der Waals surface area contributed by atoms with E-state index in [1.54, 1.807) is 24.3 Å². The minimum atomic E-state index is -3.19. The lowest BCUT2D eigenvalue weighted by molar-refractivity contribution is -0.113. The quantitative estimate of drug-likeness (QED) is 0.714. The van der Waals surface area contributed by atoms with E-state index in [-0.39, 0.29) is 17.4 Å². The van der Waals surface area contributed by atoms with Crippen LogP contribution in [0.4, 0.5) is 11.4 Å². The van der Waals surface area contributed by atoms with E-state index in [1.807, 2.05) is 31.2 Å². The van der Waals surface area contributed by atoms with E-state index >= 15 is 0 Å². The monoisotopic (exact) mass is 406 g/mol. The zero-order valence-corrected chi connectivity index (χ0v) is 16.7. The molecule has 0 unspecified atom stereocenters. The third-order valence-electron chi connectivity index (χ3n) is 4.04. The Balaban J connectivity index is 1.52. The van der Waals surface area contributed by atoms with Gasteiger partial charge in [-0.05, 0) is 61.9 Å². The molecule has 0 spiro atoms. The van der Waals surface area contributed by atoms with Crippen molar-refractivity contribution in [1.29, 1.82) is 0 Å². The molecule has 0 saturated carbocycles. The Hall–Kier alpha value is -2.19. The molecule has 0 aliphatic carbocycles. The molecule has 144 valence electrons. The van der Waals surface area contributed by atoms with Crippen molar-refractivity contribution < 1.29 is 17.9 Å². The van der Waals surface area contributed by atoms with Crippen LogP contribution in [0.5, 0.6) is 5.75 Å². The van der Waals surface area contributed by atoms with Gasteiger partial charge in [0.25, 0.3) is 0 Å². The number of benzene rings is 2. The largest absolute Gasteiger partial charge is 0.494 e. The number of anilines is 2. The fourth-order valence-corrected chi connectivity index (χ4v) is 5.05. The molecule has 27 heavy (non-hydrogen) atoms. The van der Waals surface area contributed by atoms with Crippen LogP contribution in [0.15, 0.2) is 53.4 Å². The number of hydrogen-bond donors (Lipinski definition) is 1. The van der Waals surface area contributed by atoms with Gasteiger partial charge in [0.05, 0.1) is 23.8 Å². The number of ether oxygens (including phenoxy) is 1. The Morgan fingerprint density at radius 2 is 1.85 bits per heavy atom. The smallest absolute Gasteiger partial charge is 0.235 e. The SMILES string of the molecule is CCOc1ccc(SCC(=O)Nc2ccc(N3CCCS3(=O)=O)cc2)cc1. The summed E-state index contributed by atoms with van der Waals surface area (Å²) in [7, 11) is -3.19. The van der Waals surface area contributed by atoms with E-state index in [1.165, 1.54) is 16.1 Å². The predicted molar refractivity (Wildman–Crippen MR) is 109 cm³/mol. The number of amides is 1. The summed E-state index contributed by atoms with van der Waals surface area (Å²) in [4.78, 5) is 13.1. The van der Waals surface area contributed by atoms with Crippen LogP contribution < -0.4 is 14.4 Å². The van der Waals surface area contributed by atoms with Gasteiger partial charge in [-0.15, -0.1) is 11.8 Å². The average molecular weight is 407 g/mol. The first-order valence-corrected chi connectivity index (χ1v) is 11.3. The molecule has 1 amide bonds. The second-order valence-electron chi connectivity index (χ2n) is 6.03. The van der Waals surface area contributed by atoms with Crippen molar-refractivity contribution in [3.05, 3.63) is 48.5 Å². The van der Waals surface area contributed by atoms with Gasteiger partial charge in [0.2, 0.25) is 15.9 Å². The van der Waals surface area contributed by atoms with Gasteiger partial charge in [-0.25, -0.2) is 8.42 Å². The molecule has 2 aromatic rings. The Morgan fingerprint density at radius 3 is 2.44 bits per heavy atom. The molecule has 0 bridgehead atoms. The van der Waals surface area contributed by atoms with Crippen LogP contribution in [0, 0.1) is 0 Å². The number of sulfonamides is 1. The van der Waals surface area contributed by atoms with Gasteiger partial charge in [-0.3, -0.25) is 9.10 Å². The van der Waals surface area contributed by atoms with Crippen molar-refractivity contribution in [3.63, 3.8) is 0 Å². The lowest BCUT2D eigenvalue weighted by Crippen LogP contribution is -2.25. The van der Waals surface area contributed by atoms with Crippen molar-refractivity contribution in [3.8, 4) is 5.75 Å². The van der Waals surface area contributed by atoms with Crippen LogP contribution in [0.3, 0.4) is 0 Å². The zero-order chi connectivity index (χ0) is 19.3. The van der Waals surface area contributed by atoms with E-state index in [0.717, 1.165) is 10.6 Å². The van der Waals surface area contributed by atoms with Crippen LogP contribution in [0.25, 0.3) is 0 Å². The predicted octanol–water partition coefficient (Wildman–Crippen LogP) is 3.36. The maximum absolute atomic E-state index is 12.1. The fraction of sp³-hybridized carbons (Fsp3) is 0.316. The highest BCUT2D eigenvalue weighted by molar-refractivity contribution is 8.00. The first-order valence-electron chi connectivity index (χ1n) is 8.74. The Morgan fingerprint density at radius 1 is 1.15 bits per heavy atom. The number of carbonyl (C=O) groups is 1. The van der Waals surface area contributed by atoms with Gasteiger partial charge < -0.3 is 10.1 Å². The second-order valence-corrected chi connectivity index (χ2v) is 9.09. The topological polar surface area (TPSA) is 75.7 Å². The van der Waals surface area contributed by atoms with Gasteiger partial charge in [0.15, 0.2) is 0 Å². The molecule has 1 N–H and O–H groups in total. The van der Waals surface area contributed by atoms with Crippen LogP contribution in [-0.2, 0) is 14.8 Å². The molecule has 0 aromatic heterocycles. The average Bonchev–Trinajstić information content (AvgIpc) is 3.01. The molecule has 1 fully saturated rings. The van der Waals surface area contributed by atoms with Crippen molar-refractivity contribution in [2.45, 2.75) is 18.2 Å². The molecule has 2 aromatic carbocycles. The van der Waals surface area contributed by atoms with Gasteiger partial charge >= 0.3 is 0 Å². The van der Waals surface area contributed by atoms with Crippen molar-refractivity contribution >= 4 is 39.1 Å². The minimum Gasteiger partial charge on any atom is -0.494 e. The van der Waals surface area contributed by atoms with Crippen molar-refractivity contribution in [1.82, 2.24) is 0 Å². The fourth-order valence-electron chi connectivity index (χ4n) is 2.79. The van der Waals surface area contributed by atoms with Crippen LogP contribution >= 0.6 is 11.8 Å². The number of nitrogens with one attached hydrogen (secondary N) is 1. The van der Waals surface area contributed by atoms with Crippen LogP contribution in [0.1, 0.15) is 13.3 Å². The highest BCUT2D eigenvalue weighted by Gasteiger charge is 2.28. The Bertz CT molecular complexity index is 881. The molecule has 0 atom stereocenters. The van der Waals surface area contributed by atoms with Crippen molar-refractivity contribution in [2.24, 2.45) is 0 Å². The molecule has 0 radical (unpaired) electrons. The molecule has 1 aliphatic rings. The summed E-state index contributed by atoms with van der Waals surface area (Å²) in [6.07, 6.45) is 0.642. The highest BCUT2D eigenvalue weighted by atomic mass is 32.2. The standard InChI is InChI=1S/C19H22N2O4S2/c1-2-25-17-8-10-18(11-9-17)26-14-19(22)20-15-4-6-16(7-5-15)21-12-3-13-27(21,23)24/h4-11H,2-3,12-14H2,1H3,(H,20,22).